The van der Waals surface area contributed by atoms with Gasteiger partial charge >= 0.3 is 0 Å². The summed E-state index contributed by atoms with van der Waals surface area (Å²) in [6, 6.07) is 16.3. The molecule has 2 aromatic rings. The van der Waals surface area contributed by atoms with Crippen LogP contribution in [-0.4, -0.2) is 25.4 Å². The number of sulfone groups is 1. The van der Waals surface area contributed by atoms with E-state index in [-0.39, 0.29) is 4.90 Å². The molecule has 0 amide bonds. The lowest BCUT2D eigenvalue weighted by Crippen LogP contribution is -2.18. The number of nitrogens with zero attached hydrogens (tertiary/aromatic N) is 1. The van der Waals surface area contributed by atoms with Crippen molar-refractivity contribution in [2.75, 3.05) is 6.61 Å². The molecule has 1 aliphatic carbocycles. The molecule has 5 heteroatoms. The number of nitriles is 1. The molecule has 130 valence electrons. The van der Waals surface area contributed by atoms with Crippen molar-refractivity contribution >= 4 is 9.84 Å². The van der Waals surface area contributed by atoms with Crippen LogP contribution in [0.1, 0.15) is 29.5 Å². The van der Waals surface area contributed by atoms with Crippen molar-refractivity contribution in [3.8, 4) is 6.07 Å². The number of hydrogen-bond acceptors (Lipinski definition) is 4. The molecule has 0 unspecified atom stereocenters. The van der Waals surface area contributed by atoms with E-state index in [0.717, 1.165) is 23.1 Å². The molecule has 2 aromatic carbocycles. The Kier molecular flexibility index (Phi) is 4.44. The van der Waals surface area contributed by atoms with Crippen LogP contribution in [0, 0.1) is 23.7 Å². The van der Waals surface area contributed by atoms with Gasteiger partial charge in [-0.2, -0.15) is 5.26 Å². The second-order valence-corrected chi connectivity index (χ2v) is 8.73. The first-order valence-corrected chi connectivity index (χ1v) is 9.87. The monoisotopic (exact) mass is 355 g/mol. The average Bonchev–Trinajstić information content (AvgIpc) is 3.33. The van der Waals surface area contributed by atoms with Crippen LogP contribution in [0.2, 0.25) is 0 Å². The molecule has 4 nitrogen and oxygen atoms in total. The molecule has 0 aromatic heterocycles. The van der Waals surface area contributed by atoms with E-state index in [1.165, 1.54) is 0 Å². The number of hydrogen-bond donors (Lipinski definition) is 1. The standard InChI is InChI=1S/C20H21NO3S/c1-3-15-6-8-16(9-7-15)18-19(20(18,12-21)13-22)25(23,24)17-10-4-14(2)5-11-17/h4-11,18-19,22H,3,13H2,1-2H3/t18-,19-,20-/m0/s1. The molecule has 0 bridgehead atoms. The first kappa shape index (κ1) is 17.7. The summed E-state index contributed by atoms with van der Waals surface area (Å²) in [5.74, 6) is -0.514. The third-order valence-electron chi connectivity index (χ3n) is 5.16. The largest absolute Gasteiger partial charge is 0.395 e. The number of aryl methyl sites for hydroxylation is 2. The number of rotatable bonds is 5. The Morgan fingerprint density at radius 2 is 1.72 bits per heavy atom. The Morgan fingerprint density at radius 3 is 2.20 bits per heavy atom. The SMILES string of the molecule is CCc1ccc([C@H]2[C@H](S(=O)(=O)c3ccc(C)cc3)[C@@]2(C#N)CO)cc1. The second-order valence-electron chi connectivity index (χ2n) is 6.66. The fraction of sp³-hybridized carbons (Fsp3) is 0.350. The highest BCUT2D eigenvalue weighted by Gasteiger charge is 2.72. The highest BCUT2D eigenvalue weighted by molar-refractivity contribution is 7.92. The number of aliphatic hydroxyl groups excluding tert-OH is 1. The summed E-state index contributed by atoms with van der Waals surface area (Å²) < 4.78 is 26.2. The summed E-state index contributed by atoms with van der Waals surface area (Å²) in [5.41, 5.74) is 1.62. The summed E-state index contributed by atoms with van der Waals surface area (Å²) in [4.78, 5) is 0.198. The molecule has 1 N–H and O–H groups in total. The maximum Gasteiger partial charge on any atom is 0.183 e. The van der Waals surface area contributed by atoms with Gasteiger partial charge in [0.25, 0.3) is 0 Å². The van der Waals surface area contributed by atoms with Crippen LogP contribution in [0.5, 0.6) is 0 Å². The Labute approximate surface area is 148 Å². The number of aliphatic hydroxyl groups is 1. The lowest BCUT2D eigenvalue weighted by Gasteiger charge is -2.06. The molecule has 1 saturated carbocycles. The Morgan fingerprint density at radius 1 is 1.12 bits per heavy atom. The summed E-state index contributed by atoms with van der Waals surface area (Å²) in [5, 5.41) is 18.5. The highest BCUT2D eigenvalue weighted by Crippen LogP contribution is 2.63. The predicted molar refractivity (Wildman–Crippen MR) is 95.8 cm³/mol. The maximum atomic E-state index is 13.1. The van der Waals surface area contributed by atoms with Crippen LogP contribution in [0.25, 0.3) is 0 Å². The summed E-state index contributed by atoms with van der Waals surface area (Å²) in [6.07, 6.45) is 0.888. The lowest BCUT2D eigenvalue weighted by atomic mass is 10.00. The van der Waals surface area contributed by atoms with E-state index in [0.29, 0.717) is 0 Å². The van der Waals surface area contributed by atoms with Crippen molar-refractivity contribution in [3.05, 3.63) is 65.2 Å². The van der Waals surface area contributed by atoms with Gasteiger partial charge in [0.05, 0.1) is 22.8 Å². The zero-order chi connectivity index (χ0) is 18.2. The van der Waals surface area contributed by atoms with E-state index < -0.39 is 33.0 Å². The minimum Gasteiger partial charge on any atom is -0.395 e. The quantitative estimate of drug-likeness (QED) is 0.894. The van der Waals surface area contributed by atoms with Crippen LogP contribution < -0.4 is 0 Å². The van der Waals surface area contributed by atoms with Crippen LogP contribution in [0.4, 0.5) is 0 Å². The van der Waals surface area contributed by atoms with E-state index in [2.05, 4.69) is 6.07 Å². The molecule has 0 spiro atoms. The third kappa shape index (κ3) is 2.76. The Hall–Kier alpha value is -2.16. The molecule has 25 heavy (non-hydrogen) atoms. The molecule has 0 heterocycles. The third-order valence-corrected chi connectivity index (χ3v) is 7.45. The van der Waals surface area contributed by atoms with E-state index in [4.69, 9.17) is 0 Å². The van der Waals surface area contributed by atoms with Gasteiger partial charge < -0.3 is 5.11 Å². The van der Waals surface area contributed by atoms with Gasteiger partial charge in [-0.15, -0.1) is 0 Å². The van der Waals surface area contributed by atoms with Crippen molar-refractivity contribution in [1.82, 2.24) is 0 Å². The smallest absolute Gasteiger partial charge is 0.183 e. The van der Waals surface area contributed by atoms with Crippen molar-refractivity contribution in [2.45, 2.75) is 36.3 Å². The molecule has 0 radical (unpaired) electrons. The van der Waals surface area contributed by atoms with E-state index in [1.807, 2.05) is 38.1 Å². The molecular weight excluding hydrogens is 334 g/mol. The maximum absolute atomic E-state index is 13.1. The van der Waals surface area contributed by atoms with Crippen LogP contribution in [-0.2, 0) is 16.3 Å². The van der Waals surface area contributed by atoms with Gasteiger partial charge in [-0.05, 0) is 36.6 Å². The molecule has 1 aliphatic rings. The first-order valence-electron chi connectivity index (χ1n) is 8.32. The minimum absolute atomic E-state index is 0.198. The number of benzene rings is 2. The fourth-order valence-electron chi connectivity index (χ4n) is 3.53. The summed E-state index contributed by atoms with van der Waals surface area (Å²) >= 11 is 0. The van der Waals surface area contributed by atoms with Crippen molar-refractivity contribution in [3.63, 3.8) is 0 Å². The van der Waals surface area contributed by atoms with Crippen LogP contribution in [0.3, 0.4) is 0 Å². The normalized spacial score (nSPS) is 25.4. The van der Waals surface area contributed by atoms with Crippen LogP contribution in [0.15, 0.2) is 53.4 Å². The van der Waals surface area contributed by atoms with E-state index >= 15 is 0 Å². The van der Waals surface area contributed by atoms with Crippen LogP contribution >= 0.6 is 0 Å². The zero-order valence-corrected chi connectivity index (χ0v) is 15.1. The highest BCUT2D eigenvalue weighted by atomic mass is 32.2. The molecule has 0 saturated heterocycles. The zero-order valence-electron chi connectivity index (χ0n) is 14.3. The molecule has 1 fully saturated rings. The first-order chi connectivity index (χ1) is 11.9. The van der Waals surface area contributed by atoms with Crippen molar-refractivity contribution in [1.29, 1.82) is 5.26 Å². The predicted octanol–water partition coefficient (Wildman–Crippen LogP) is 3.00. The van der Waals surface area contributed by atoms with E-state index in [9.17, 15) is 18.8 Å². The van der Waals surface area contributed by atoms with Gasteiger partial charge in [-0.25, -0.2) is 8.42 Å². The molecule has 0 aliphatic heterocycles. The summed E-state index contributed by atoms with van der Waals surface area (Å²) in [6.45, 7) is 3.46. The lowest BCUT2D eigenvalue weighted by molar-refractivity contribution is 0.242. The minimum atomic E-state index is -3.71. The molecular formula is C20H21NO3S. The second kappa shape index (κ2) is 6.29. The fourth-order valence-corrected chi connectivity index (χ4v) is 5.84. The molecule has 3 rings (SSSR count). The van der Waals surface area contributed by atoms with Gasteiger partial charge in [-0.3, -0.25) is 0 Å². The average molecular weight is 355 g/mol. The molecule has 3 atom stereocenters. The van der Waals surface area contributed by atoms with Gasteiger partial charge in [0.1, 0.15) is 5.41 Å². The topological polar surface area (TPSA) is 78.2 Å². The Bertz CT molecular complexity index is 911. The Balaban J connectivity index is 2.04. The van der Waals surface area contributed by atoms with E-state index in [1.54, 1.807) is 24.3 Å². The van der Waals surface area contributed by atoms with Gasteiger partial charge in [-0.1, -0.05) is 48.9 Å². The van der Waals surface area contributed by atoms with Gasteiger partial charge in [0, 0.05) is 5.92 Å². The van der Waals surface area contributed by atoms with Crippen molar-refractivity contribution in [2.24, 2.45) is 5.41 Å². The van der Waals surface area contributed by atoms with Crippen molar-refractivity contribution < 1.29 is 13.5 Å². The van der Waals surface area contributed by atoms with Gasteiger partial charge in [0.2, 0.25) is 0 Å². The summed E-state index contributed by atoms with van der Waals surface area (Å²) in [7, 11) is -3.71. The van der Waals surface area contributed by atoms with Gasteiger partial charge in [0.15, 0.2) is 9.84 Å².